The van der Waals surface area contributed by atoms with Crippen LogP contribution in [0.15, 0.2) is 65.8 Å². The summed E-state index contributed by atoms with van der Waals surface area (Å²) in [5, 5.41) is 9.30. The highest BCUT2D eigenvalue weighted by atomic mass is 19.3. The molecule has 6 heteroatoms. The fourth-order valence-electron chi connectivity index (χ4n) is 3.82. The van der Waals surface area contributed by atoms with Crippen molar-refractivity contribution in [1.82, 2.24) is 4.90 Å². The van der Waals surface area contributed by atoms with E-state index < -0.39 is 11.5 Å². The summed E-state index contributed by atoms with van der Waals surface area (Å²) in [5.41, 5.74) is 8.12. The van der Waals surface area contributed by atoms with Gasteiger partial charge in [-0.05, 0) is 30.2 Å². The van der Waals surface area contributed by atoms with E-state index in [4.69, 9.17) is 10.7 Å². The molecule has 0 aromatic heterocycles. The van der Waals surface area contributed by atoms with Gasteiger partial charge in [0.1, 0.15) is 0 Å². The molecule has 1 heterocycles. The van der Waals surface area contributed by atoms with Crippen molar-refractivity contribution in [3.05, 3.63) is 83.1 Å². The third-order valence-electron chi connectivity index (χ3n) is 5.70. The van der Waals surface area contributed by atoms with Crippen molar-refractivity contribution in [2.75, 3.05) is 7.05 Å². The van der Waals surface area contributed by atoms with Gasteiger partial charge in [0.25, 0.3) is 5.92 Å². The number of aliphatic imine (C=N–C) groups is 1. The van der Waals surface area contributed by atoms with Gasteiger partial charge in [-0.2, -0.15) is 5.26 Å². The van der Waals surface area contributed by atoms with Crippen LogP contribution in [0.25, 0.3) is 0 Å². The number of benzene rings is 2. The van der Waals surface area contributed by atoms with Crippen LogP contribution in [-0.4, -0.2) is 17.9 Å². The Morgan fingerprint density at radius 2 is 1.93 bits per heavy atom. The van der Waals surface area contributed by atoms with Crippen LogP contribution in [0.1, 0.15) is 48.4 Å². The average Bonchev–Trinajstić information content (AvgIpc) is 2.72. The number of nitrogens with zero attached hydrogens (tertiary/aromatic N) is 3. The largest absolute Gasteiger partial charge is 0.370 e. The zero-order valence-electron chi connectivity index (χ0n) is 16.8. The Labute approximate surface area is 170 Å². The molecule has 0 radical (unpaired) electrons. The van der Waals surface area contributed by atoms with E-state index in [1.807, 2.05) is 13.0 Å². The van der Waals surface area contributed by atoms with Crippen LogP contribution in [0.3, 0.4) is 0 Å². The first-order chi connectivity index (χ1) is 13.6. The second-order valence-electron chi connectivity index (χ2n) is 7.47. The van der Waals surface area contributed by atoms with Gasteiger partial charge < -0.3 is 10.6 Å². The number of hydrogen-bond acceptors (Lipinski definition) is 4. The number of rotatable bonds is 4. The molecule has 2 aromatic carbocycles. The molecule has 1 aliphatic rings. The van der Waals surface area contributed by atoms with Crippen LogP contribution in [0.2, 0.25) is 0 Å². The number of guanidine groups is 1. The van der Waals surface area contributed by atoms with E-state index in [-0.39, 0.29) is 17.9 Å². The van der Waals surface area contributed by atoms with Crippen LogP contribution in [0.4, 0.5) is 8.78 Å². The van der Waals surface area contributed by atoms with E-state index in [1.54, 1.807) is 42.3 Å². The van der Waals surface area contributed by atoms with Gasteiger partial charge in [0.05, 0.1) is 23.1 Å². The summed E-state index contributed by atoms with van der Waals surface area (Å²) in [6.07, 6.45) is -0.259. The normalized spacial score (nSPS) is 22.2. The molecule has 4 nitrogen and oxygen atoms in total. The Morgan fingerprint density at radius 1 is 1.28 bits per heavy atom. The smallest absolute Gasteiger partial charge is 0.273 e. The summed E-state index contributed by atoms with van der Waals surface area (Å²) in [5.74, 6) is -2.89. The van der Waals surface area contributed by atoms with Crippen LogP contribution < -0.4 is 5.73 Å². The molecule has 0 saturated heterocycles. The zero-order valence-corrected chi connectivity index (χ0v) is 16.8. The number of halogens is 2. The fourth-order valence-corrected chi connectivity index (χ4v) is 3.82. The standard InChI is InChI=1S/C23H24F2N4/c1-5-23(24,25)18-11-9-17(10-12-18)20-15(2)29(4)21(27)28-22(20,3)19-8-6-7-16(13-19)14-26/h6-13,20H,2,5H2,1,3-4H3,(H2,27,28)/t20-,22+/m0/s1. The van der Waals surface area contributed by atoms with E-state index in [1.165, 1.54) is 19.1 Å². The second-order valence-corrected chi connectivity index (χ2v) is 7.47. The highest BCUT2D eigenvalue weighted by Crippen LogP contribution is 2.48. The van der Waals surface area contributed by atoms with Gasteiger partial charge in [-0.15, -0.1) is 0 Å². The second kappa shape index (κ2) is 7.32. The summed E-state index contributed by atoms with van der Waals surface area (Å²) in [4.78, 5) is 6.44. The predicted octanol–water partition coefficient (Wildman–Crippen LogP) is 4.83. The lowest BCUT2D eigenvalue weighted by Gasteiger charge is -2.44. The molecule has 0 unspecified atom stereocenters. The molecule has 0 amide bonds. The maximum atomic E-state index is 14.1. The fraction of sp³-hybridized carbons (Fsp3) is 0.304. The van der Waals surface area contributed by atoms with Crippen LogP contribution >= 0.6 is 0 Å². The van der Waals surface area contributed by atoms with Crippen molar-refractivity contribution < 1.29 is 8.78 Å². The predicted molar refractivity (Wildman–Crippen MR) is 110 cm³/mol. The number of likely N-dealkylation sites (N-methyl/N-ethyl adjacent to an activating group) is 1. The summed E-state index contributed by atoms with van der Waals surface area (Å²) >= 11 is 0. The van der Waals surface area contributed by atoms with E-state index >= 15 is 0 Å². The average molecular weight is 394 g/mol. The maximum Gasteiger partial charge on any atom is 0.273 e. The van der Waals surface area contributed by atoms with Crippen LogP contribution in [-0.2, 0) is 11.5 Å². The summed E-state index contributed by atoms with van der Waals surface area (Å²) < 4.78 is 28.1. The van der Waals surface area contributed by atoms with E-state index in [2.05, 4.69) is 12.6 Å². The van der Waals surface area contributed by atoms with Crippen molar-refractivity contribution in [3.63, 3.8) is 0 Å². The topological polar surface area (TPSA) is 65.4 Å². The van der Waals surface area contributed by atoms with Crippen molar-refractivity contribution in [2.24, 2.45) is 10.7 Å². The van der Waals surface area contributed by atoms with E-state index in [0.717, 1.165) is 11.1 Å². The first-order valence-corrected chi connectivity index (χ1v) is 9.40. The molecule has 2 atom stereocenters. The third-order valence-corrected chi connectivity index (χ3v) is 5.70. The Balaban J connectivity index is 2.16. The van der Waals surface area contributed by atoms with Crippen molar-refractivity contribution in [2.45, 2.75) is 37.6 Å². The Kier molecular flexibility index (Phi) is 5.18. The number of alkyl halides is 2. The minimum absolute atomic E-state index is 0.0188. The molecule has 3 rings (SSSR count). The molecular formula is C23H24F2N4. The van der Waals surface area contributed by atoms with E-state index in [9.17, 15) is 14.0 Å². The minimum Gasteiger partial charge on any atom is -0.370 e. The SMILES string of the molecule is C=C1[C@@H](c2ccc(C(F)(F)CC)cc2)[C@@](C)(c2cccc(C#N)c2)N=C(N)N1C. The minimum atomic E-state index is -2.87. The quantitative estimate of drug-likeness (QED) is 0.807. The highest BCUT2D eigenvalue weighted by molar-refractivity contribution is 5.82. The lowest BCUT2D eigenvalue weighted by molar-refractivity contribution is -0.00830. The van der Waals surface area contributed by atoms with Gasteiger partial charge in [-0.3, -0.25) is 0 Å². The Morgan fingerprint density at radius 3 is 2.52 bits per heavy atom. The first kappa shape index (κ1) is 20.5. The molecule has 0 bridgehead atoms. The van der Waals surface area contributed by atoms with Crippen molar-refractivity contribution >= 4 is 5.96 Å². The lowest BCUT2D eigenvalue weighted by Crippen LogP contribution is -2.47. The van der Waals surface area contributed by atoms with Gasteiger partial charge in [0, 0.05) is 24.7 Å². The third kappa shape index (κ3) is 3.49. The molecule has 0 aliphatic carbocycles. The molecule has 1 aliphatic heterocycles. The number of hydrogen-bond donors (Lipinski definition) is 1. The molecular weight excluding hydrogens is 370 g/mol. The Hall–Kier alpha value is -3.20. The highest BCUT2D eigenvalue weighted by Gasteiger charge is 2.44. The molecule has 2 N–H and O–H groups in total. The Bertz CT molecular complexity index is 1000. The number of nitrogens with two attached hydrogens (primary N) is 1. The van der Waals surface area contributed by atoms with Gasteiger partial charge in [0.2, 0.25) is 0 Å². The molecule has 0 fully saturated rings. The van der Waals surface area contributed by atoms with Gasteiger partial charge >= 0.3 is 0 Å². The summed E-state index contributed by atoms with van der Waals surface area (Å²) in [7, 11) is 1.78. The molecule has 29 heavy (non-hydrogen) atoms. The first-order valence-electron chi connectivity index (χ1n) is 9.40. The van der Waals surface area contributed by atoms with Gasteiger partial charge in [-0.1, -0.05) is 49.9 Å². The number of nitriles is 1. The van der Waals surface area contributed by atoms with Gasteiger partial charge in [0.15, 0.2) is 5.96 Å². The van der Waals surface area contributed by atoms with Crippen molar-refractivity contribution in [1.29, 1.82) is 5.26 Å². The van der Waals surface area contributed by atoms with Gasteiger partial charge in [-0.25, -0.2) is 13.8 Å². The van der Waals surface area contributed by atoms with E-state index in [0.29, 0.717) is 17.2 Å². The molecule has 0 spiro atoms. The van der Waals surface area contributed by atoms with Crippen LogP contribution in [0.5, 0.6) is 0 Å². The van der Waals surface area contributed by atoms with Crippen molar-refractivity contribution in [3.8, 4) is 6.07 Å². The maximum absolute atomic E-state index is 14.1. The molecule has 0 saturated carbocycles. The molecule has 2 aromatic rings. The zero-order chi connectivity index (χ0) is 21.4. The summed E-state index contributed by atoms with van der Waals surface area (Å²) in [6.45, 7) is 7.59. The monoisotopic (exact) mass is 394 g/mol. The van der Waals surface area contributed by atoms with Crippen LogP contribution in [0, 0.1) is 11.3 Å². The summed E-state index contributed by atoms with van der Waals surface area (Å²) in [6, 6.07) is 15.7. The molecule has 150 valence electrons. The lowest BCUT2D eigenvalue weighted by atomic mass is 9.73.